The number of piperazine rings is 1. The Morgan fingerprint density at radius 1 is 1.00 bits per heavy atom. The Bertz CT molecular complexity index is 777. The number of rotatable bonds is 6. The molecule has 2 aromatic carbocycles. The van der Waals surface area contributed by atoms with E-state index in [4.69, 9.17) is 4.74 Å². The van der Waals surface area contributed by atoms with Crippen LogP contribution in [0.5, 0.6) is 0 Å². The minimum Gasteiger partial charge on any atom is -0.461 e. The Morgan fingerprint density at radius 3 is 2.27 bits per heavy atom. The number of nitrogens with one attached hydrogen (secondary N) is 1. The molecule has 1 heterocycles. The number of hydrogen-bond donors (Lipinski definition) is 1. The molecule has 2 aromatic rings. The molecule has 0 bridgehead atoms. The first-order valence-electron chi connectivity index (χ1n) is 8.43. The van der Waals surface area contributed by atoms with Crippen LogP contribution in [0.15, 0.2) is 60.7 Å². The summed E-state index contributed by atoms with van der Waals surface area (Å²) in [6, 6.07) is 17.8. The molecule has 1 aliphatic heterocycles. The van der Waals surface area contributed by atoms with Gasteiger partial charge in [-0.15, -0.1) is 0 Å². The second-order valence-electron chi connectivity index (χ2n) is 6.15. The summed E-state index contributed by atoms with van der Waals surface area (Å²) in [6.45, 7) is 0.466. The minimum atomic E-state index is -0.886. The van der Waals surface area contributed by atoms with Crippen molar-refractivity contribution in [1.29, 1.82) is 0 Å². The average Bonchev–Trinajstić information content (AvgIpc) is 2.65. The molecule has 0 aromatic heterocycles. The van der Waals surface area contributed by atoms with E-state index in [0.29, 0.717) is 6.54 Å². The van der Waals surface area contributed by atoms with Crippen molar-refractivity contribution in [2.75, 3.05) is 6.54 Å². The number of hydrogen-bond acceptors (Lipinski definition) is 4. The highest BCUT2D eigenvalue weighted by molar-refractivity contribution is 5.96. The van der Waals surface area contributed by atoms with Crippen molar-refractivity contribution in [2.24, 2.45) is 0 Å². The molecule has 1 atom stereocenters. The van der Waals surface area contributed by atoms with Crippen LogP contribution in [0.3, 0.4) is 0 Å². The highest BCUT2D eigenvalue weighted by atomic mass is 16.5. The largest absolute Gasteiger partial charge is 0.461 e. The zero-order valence-electron chi connectivity index (χ0n) is 14.3. The van der Waals surface area contributed by atoms with Crippen LogP contribution in [0.2, 0.25) is 0 Å². The second kappa shape index (κ2) is 8.29. The quantitative estimate of drug-likeness (QED) is 0.802. The van der Waals surface area contributed by atoms with Gasteiger partial charge in [0.25, 0.3) is 0 Å². The Kier molecular flexibility index (Phi) is 5.63. The summed E-state index contributed by atoms with van der Waals surface area (Å²) in [4.78, 5) is 38.0. The normalized spacial score (nSPS) is 16.9. The summed E-state index contributed by atoms with van der Waals surface area (Å²) in [5, 5.41) is 2.58. The molecular formula is C20H20N2O4. The van der Waals surface area contributed by atoms with Crippen LogP contribution in [0, 0.1) is 0 Å². The molecule has 1 unspecified atom stereocenters. The molecule has 134 valence electrons. The third kappa shape index (κ3) is 4.69. The third-order valence-electron chi connectivity index (χ3n) is 4.11. The van der Waals surface area contributed by atoms with Crippen molar-refractivity contribution >= 4 is 17.8 Å². The van der Waals surface area contributed by atoms with E-state index in [-0.39, 0.29) is 31.4 Å². The van der Waals surface area contributed by atoms with Gasteiger partial charge in [-0.3, -0.25) is 14.4 Å². The van der Waals surface area contributed by atoms with Gasteiger partial charge in [-0.05, 0) is 11.1 Å². The highest BCUT2D eigenvalue weighted by Crippen LogP contribution is 2.12. The van der Waals surface area contributed by atoms with E-state index in [1.165, 1.54) is 4.90 Å². The molecule has 2 amide bonds. The summed E-state index contributed by atoms with van der Waals surface area (Å²) in [5.74, 6) is -1.07. The van der Waals surface area contributed by atoms with Crippen molar-refractivity contribution in [2.45, 2.75) is 25.6 Å². The van der Waals surface area contributed by atoms with Crippen LogP contribution in [-0.2, 0) is 32.3 Å². The fourth-order valence-corrected chi connectivity index (χ4v) is 2.81. The molecule has 6 nitrogen and oxygen atoms in total. The summed E-state index contributed by atoms with van der Waals surface area (Å²) in [6.07, 6.45) is -0.178. The SMILES string of the molecule is O=C1CN(Cc2ccccc2)C(=O)C(CC(=O)OCc2ccccc2)N1. The number of benzene rings is 2. The number of esters is 1. The van der Waals surface area contributed by atoms with Gasteiger partial charge in [-0.2, -0.15) is 0 Å². The van der Waals surface area contributed by atoms with Gasteiger partial charge < -0.3 is 15.0 Å². The van der Waals surface area contributed by atoms with Crippen molar-refractivity contribution in [3.8, 4) is 0 Å². The van der Waals surface area contributed by atoms with Crippen LogP contribution in [0.4, 0.5) is 0 Å². The van der Waals surface area contributed by atoms with Gasteiger partial charge in [0.2, 0.25) is 11.8 Å². The van der Waals surface area contributed by atoms with Gasteiger partial charge in [-0.25, -0.2) is 0 Å². The van der Waals surface area contributed by atoms with Crippen LogP contribution >= 0.6 is 0 Å². The highest BCUT2D eigenvalue weighted by Gasteiger charge is 2.34. The number of carbonyl (C=O) groups excluding carboxylic acids is 3. The zero-order valence-corrected chi connectivity index (χ0v) is 14.3. The standard InChI is InChI=1S/C20H20N2O4/c23-18-13-22(12-15-7-3-1-4-8-15)20(25)17(21-18)11-19(24)26-14-16-9-5-2-6-10-16/h1-10,17H,11-14H2,(H,21,23). The van der Waals surface area contributed by atoms with E-state index in [1.54, 1.807) is 0 Å². The zero-order chi connectivity index (χ0) is 18.4. The fourth-order valence-electron chi connectivity index (χ4n) is 2.81. The van der Waals surface area contributed by atoms with E-state index in [9.17, 15) is 14.4 Å². The minimum absolute atomic E-state index is 0.0106. The van der Waals surface area contributed by atoms with Gasteiger partial charge >= 0.3 is 5.97 Å². The van der Waals surface area contributed by atoms with Crippen molar-refractivity contribution in [3.63, 3.8) is 0 Å². The molecule has 0 spiro atoms. The Balaban J connectivity index is 1.57. The second-order valence-corrected chi connectivity index (χ2v) is 6.15. The first-order valence-corrected chi connectivity index (χ1v) is 8.43. The Hall–Kier alpha value is -3.15. The molecule has 0 aliphatic carbocycles. The smallest absolute Gasteiger partial charge is 0.308 e. The van der Waals surface area contributed by atoms with Crippen molar-refractivity contribution in [1.82, 2.24) is 10.2 Å². The van der Waals surface area contributed by atoms with Crippen molar-refractivity contribution < 1.29 is 19.1 Å². The maximum atomic E-state index is 12.6. The Labute approximate surface area is 151 Å². The average molecular weight is 352 g/mol. The molecule has 0 radical (unpaired) electrons. The number of ether oxygens (including phenoxy) is 1. The molecule has 1 saturated heterocycles. The maximum absolute atomic E-state index is 12.6. The summed E-state index contributed by atoms with van der Waals surface area (Å²) in [7, 11) is 0. The van der Waals surface area contributed by atoms with Gasteiger partial charge in [0, 0.05) is 6.54 Å². The van der Waals surface area contributed by atoms with E-state index in [0.717, 1.165) is 11.1 Å². The Morgan fingerprint density at radius 2 is 1.62 bits per heavy atom. The molecular weight excluding hydrogens is 332 g/mol. The van der Waals surface area contributed by atoms with Gasteiger partial charge in [0.15, 0.2) is 0 Å². The van der Waals surface area contributed by atoms with Crippen LogP contribution in [0.1, 0.15) is 17.5 Å². The molecule has 1 aliphatic rings. The van der Waals surface area contributed by atoms with Crippen LogP contribution in [0.25, 0.3) is 0 Å². The lowest BCUT2D eigenvalue weighted by atomic mass is 10.1. The third-order valence-corrected chi connectivity index (χ3v) is 4.11. The molecule has 6 heteroatoms. The number of nitrogens with zero attached hydrogens (tertiary/aromatic N) is 1. The van der Waals surface area contributed by atoms with E-state index in [2.05, 4.69) is 5.32 Å². The topological polar surface area (TPSA) is 75.7 Å². The summed E-state index contributed by atoms with van der Waals surface area (Å²) in [5.41, 5.74) is 1.80. The van der Waals surface area contributed by atoms with Gasteiger partial charge in [-0.1, -0.05) is 60.7 Å². The molecule has 26 heavy (non-hydrogen) atoms. The predicted molar refractivity (Wildman–Crippen MR) is 94.6 cm³/mol. The summed E-state index contributed by atoms with van der Waals surface area (Å²) >= 11 is 0. The lowest BCUT2D eigenvalue weighted by Crippen LogP contribution is -2.58. The van der Waals surface area contributed by atoms with Crippen molar-refractivity contribution in [3.05, 3.63) is 71.8 Å². The molecule has 1 N–H and O–H groups in total. The lowest BCUT2D eigenvalue weighted by molar-refractivity contribution is -0.152. The number of carbonyl (C=O) groups is 3. The molecule has 0 saturated carbocycles. The monoisotopic (exact) mass is 352 g/mol. The van der Waals surface area contributed by atoms with E-state index in [1.807, 2.05) is 60.7 Å². The summed E-state index contributed by atoms with van der Waals surface area (Å²) < 4.78 is 5.21. The fraction of sp³-hybridized carbons (Fsp3) is 0.250. The number of amides is 2. The van der Waals surface area contributed by atoms with Gasteiger partial charge in [0.1, 0.15) is 12.6 Å². The molecule has 1 fully saturated rings. The van der Waals surface area contributed by atoms with Crippen LogP contribution < -0.4 is 5.32 Å². The predicted octanol–water partition coefficient (Wildman–Crippen LogP) is 1.65. The van der Waals surface area contributed by atoms with Crippen LogP contribution in [-0.4, -0.2) is 35.3 Å². The van der Waals surface area contributed by atoms with E-state index >= 15 is 0 Å². The first kappa shape index (κ1) is 17.7. The maximum Gasteiger partial charge on any atom is 0.308 e. The van der Waals surface area contributed by atoms with E-state index < -0.39 is 12.0 Å². The molecule has 3 rings (SSSR count). The first-order chi connectivity index (χ1) is 12.6. The van der Waals surface area contributed by atoms with Gasteiger partial charge in [0.05, 0.1) is 13.0 Å². The lowest BCUT2D eigenvalue weighted by Gasteiger charge is -2.32.